The molecule has 0 saturated carbocycles. The Morgan fingerprint density at radius 2 is 2.25 bits per heavy atom. The molecular weight excluding hydrogens is 196 g/mol. The summed E-state index contributed by atoms with van der Waals surface area (Å²) in [4.78, 5) is 0. The topological polar surface area (TPSA) is 24.1 Å². The molecule has 0 aromatic heterocycles. The van der Waals surface area contributed by atoms with Crippen molar-refractivity contribution < 1.29 is 0 Å². The maximum atomic E-state index is 3.60. The molecule has 1 aliphatic rings. The predicted octanol–water partition coefficient (Wildman–Crippen LogP) is 3.11. The summed E-state index contributed by atoms with van der Waals surface area (Å²) in [7, 11) is 1.99. The van der Waals surface area contributed by atoms with Crippen LogP contribution < -0.4 is 10.6 Å². The molecule has 2 heteroatoms. The second kappa shape index (κ2) is 5.35. The van der Waals surface area contributed by atoms with Gasteiger partial charge >= 0.3 is 0 Å². The summed E-state index contributed by atoms with van der Waals surface area (Å²) in [5.41, 5.74) is 4.14. The first-order valence-electron chi connectivity index (χ1n) is 6.39. The highest BCUT2D eigenvalue weighted by atomic mass is 14.9. The molecule has 88 valence electrons. The fraction of sp³-hybridized carbons (Fsp3) is 0.571. The van der Waals surface area contributed by atoms with E-state index in [1.807, 2.05) is 7.05 Å². The quantitative estimate of drug-likeness (QED) is 0.814. The lowest BCUT2D eigenvalue weighted by Crippen LogP contribution is -2.26. The number of piperidine rings is 1. The fourth-order valence-electron chi connectivity index (χ4n) is 2.50. The highest BCUT2D eigenvalue weighted by Crippen LogP contribution is 2.26. The SMILES string of the molecule is CCc1cc(C2CCCCN2)ccc1NC. The van der Waals surface area contributed by atoms with Crippen molar-refractivity contribution in [2.75, 3.05) is 18.9 Å². The van der Waals surface area contributed by atoms with E-state index >= 15 is 0 Å². The Balaban J connectivity index is 2.20. The van der Waals surface area contributed by atoms with E-state index in [0.29, 0.717) is 6.04 Å². The van der Waals surface area contributed by atoms with E-state index < -0.39 is 0 Å². The van der Waals surface area contributed by atoms with Crippen molar-refractivity contribution in [3.05, 3.63) is 29.3 Å². The smallest absolute Gasteiger partial charge is 0.0370 e. The van der Waals surface area contributed by atoms with Gasteiger partial charge in [-0.2, -0.15) is 0 Å². The lowest BCUT2D eigenvalue weighted by molar-refractivity contribution is 0.412. The number of anilines is 1. The van der Waals surface area contributed by atoms with Crippen molar-refractivity contribution in [3.63, 3.8) is 0 Å². The zero-order valence-electron chi connectivity index (χ0n) is 10.3. The second-order valence-electron chi connectivity index (χ2n) is 4.52. The number of hydrogen-bond acceptors (Lipinski definition) is 2. The van der Waals surface area contributed by atoms with Gasteiger partial charge in [0.15, 0.2) is 0 Å². The molecule has 2 N–H and O–H groups in total. The highest BCUT2D eigenvalue weighted by Gasteiger charge is 2.15. The minimum absolute atomic E-state index is 0.574. The number of aryl methyl sites for hydroxylation is 1. The lowest BCUT2D eigenvalue weighted by atomic mass is 9.95. The van der Waals surface area contributed by atoms with Crippen LogP contribution in [0.5, 0.6) is 0 Å². The first kappa shape index (κ1) is 11.5. The molecule has 0 amide bonds. The van der Waals surface area contributed by atoms with Gasteiger partial charge in [-0.1, -0.05) is 25.5 Å². The van der Waals surface area contributed by atoms with Crippen LogP contribution in [0.3, 0.4) is 0 Å². The molecule has 1 aliphatic heterocycles. The summed E-state index contributed by atoms with van der Waals surface area (Å²) in [6.45, 7) is 3.38. The molecule has 2 nitrogen and oxygen atoms in total. The Labute approximate surface area is 98.4 Å². The minimum Gasteiger partial charge on any atom is -0.388 e. The van der Waals surface area contributed by atoms with Crippen molar-refractivity contribution in [2.45, 2.75) is 38.6 Å². The average molecular weight is 218 g/mol. The molecule has 1 fully saturated rings. The van der Waals surface area contributed by atoms with Crippen LogP contribution in [-0.4, -0.2) is 13.6 Å². The van der Waals surface area contributed by atoms with Crippen LogP contribution in [0.2, 0.25) is 0 Å². The van der Waals surface area contributed by atoms with Crippen LogP contribution in [0, 0.1) is 0 Å². The molecule has 1 atom stereocenters. The van der Waals surface area contributed by atoms with Gasteiger partial charge < -0.3 is 10.6 Å². The third-order valence-electron chi connectivity index (χ3n) is 3.49. The van der Waals surface area contributed by atoms with Crippen molar-refractivity contribution in [3.8, 4) is 0 Å². The molecule has 1 aromatic carbocycles. The highest BCUT2D eigenvalue weighted by molar-refractivity contribution is 5.52. The van der Waals surface area contributed by atoms with E-state index in [1.165, 1.54) is 42.6 Å². The molecule has 0 spiro atoms. The lowest BCUT2D eigenvalue weighted by Gasteiger charge is -2.24. The largest absolute Gasteiger partial charge is 0.388 e. The van der Waals surface area contributed by atoms with Crippen LogP contribution in [0.4, 0.5) is 5.69 Å². The van der Waals surface area contributed by atoms with Crippen LogP contribution in [0.1, 0.15) is 43.4 Å². The zero-order valence-corrected chi connectivity index (χ0v) is 10.3. The Bertz CT molecular complexity index is 341. The summed E-state index contributed by atoms with van der Waals surface area (Å²) in [5.74, 6) is 0. The number of nitrogens with one attached hydrogen (secondary N) is 2. The summed E-state index contributed by atoms with van der Waals surface area (Å²) in [6, 6.07) is 7.40. The third-order valence-corrected chi connectivity index (χ3v) is 3.49. The van der Waals surface area contributed by atoms with Gasteiger partial charge in [0.05, 0.1) is 0 Å². The van der Waals surface area contributed by atoms with Crippen molar-refractivity contribution >= 4 is 5.69 Å². The van der Waals surface area contributed by atoms with Crippen LogP contribution >= 0.6 is 0 Å². The van der Waals surface area contributed by atoms with Crippen molar-refractivity contribution in [2.24, 2.45) is 0 Å². The van der Waals surface area contributed by atoms with Gasteiger partial charge in [0.1, 0.15) is 0 Å². The summed E-state index contributed by atoms with van der Waals surface area (Å²) in [6.07, 6.45) is 5.05. The molecule has 1 heterocycles. The third kappa shape index (κ3) is 2.38. The molecule has 2 rings (SSSR count). The maximum Gasteiger partial charge on any atom is 0.0370 e. The Morgan fingerprint density at radius 3 is 2.88 bits per heavy atom. The fourth-order valence-corrected chi connectivity index (χ4v) is 2.50. The standard InChI is InChI=1S/C14H22N2/c1-3-11-10-12(7-8-13(11)15-2)14-6-4-5-9-16-14/h7-8,10,14-16H,3-6,9H2,1-2H3. The van der Waals surface area contributed by atoms with E-state index in [4.69, 9.17) is 0 Å². The first-order chi connectivity index (χ1) is 7.85. The molecule has 0 radical (unpaired) electrons. The van der Waals surface area contributed by atoms with Gasteiger partial charge in [0.25, 0.3) is 0 Å². The van der Waals surface area contributed by atoms with Gasteiger partial charge in [0.2, 0.25) is 0 Å². The first-order valence-corrected chi connectivity index (χ1v) is 6.39. The van der Waals surface area contributed by atoms with Crippen LogP contribution in [0.15, 0.2) is 18.2 Å². The summed E-state index contributed by atoms with van der Waals surface area (Å²) >= 11 is 0. The normalized spacial score (nSPS) is 20.8. The van der Waals surface area contributed by atoms with E-state index in [1.54, 1.807) is 0 Å². The molecule has 1 unspecified atom stereocenters. The number of benzene rings is 1. The monoisotopic (exact) mass is 218 g/mol. The molecule has 16 heavy (non-hydrogen) atoms. The number of rotatable bonds is 3. The van der Waals surface area contributed by atoms with Gasteiger partial charge in [-0.25, -0.2) is 0 Å². The molecule has 0 bridgehead atoms. The summed E-state index contributed by atoms with van der Waals surface area (Å²) < 4.78 is 0. The van der Waals surface area contributed by atoms with Crippen molar-refractivity contribution in [1.29, 1.82) is 0 Å². The van der Waals surface area contributed by atoms with Crippen LogP contribution in [-0.2, 0) is 6.42 Å². The van der Waals surface area contributed by atoms with Gasteiger partial charge in [0, 0.05) is 18.8 Å². The van der Waals surface area contributed by atoms with Gasteiger partial charge in [-0.3, -0.25) is 0 Å². The predicted molar refractivity (Wildman–Crippen MR) is 70.0 cm³/mol. The van der Waals surface area contributed by atoms with E-state index in [2.05, 4.69) is 35.8 Å². The minimum atomic E-state index is 0.574. The molecule has 1 aromatic rings. The molecule has 0 aliphatic carbocycles. The Hall–Kier alpha value is -1.02. The average Bonchev–Trinajstić information content (AvgIpc) is 2.39. The second-order valence-corrected chi connectivity index (χ2v) is 4.52. The number of hydrogen-bond donors (Lipinski definition) is 2. The van der Waals surface area contributed by atoms with Gasteiger partial charge in [-0.05, 0) is 43.0 Å². The molecule has 1 saturated heterocycles. The Kier molecular flexibility index (Phi) is 3.83. The maximum absolute atomic E-state index is 3.60. The molecular formula is C14H22N2. The summed E-state index contributed by atoms with van der Waals surface area (Å²) in [5, 5.41) is 6.86. The van der Waals surface area contributed by atoms with Crippen molar-refractivity contribution in [1.82, 2.24) is 5.32 Å². The zero-order chi connectivity index (χ0) is 11.4. The van der Waals surface area contributed by atoms with E-state index in [9.17, 15) is 0 Å². The van der Waals surface area contributed by atoms with Crippen LogP contribution in [0.25, 0.3) is 0 Å². The van der Waals surface area contributed by atoms with E-state index in [-0.39, 0.29) is 0 Å². The van der Waals surface area contributed by atoms with E-state index in [0.717, 1.165) is 6.42 Å². The Morgan fingerprint density at radius 1 is 1.38 bits per heavy atom. The van der Waals surface area contributed by atoms with Gasteiger partial charge in [-0.15, -0.1) is 0 Å².